The monoisotopic (exact) mass is 358 g/mol. The Balaban J connectivity index is 1.69. The van der Waals surface area contributed by atoms with Gasteiger partial charge >= 0.3 is 0 Å². The first-order chi connectivity index (χ1) is 11.6. The van der Waals surface area contributed by atoms with E-state index in [0.717, 1.165) is 11.1 Å². The Morgan fingerprint density at radius 3 is 2.62 bits per heavy atom. The van der Waals surface area contributed by atoms with Crippen molar-refractivity contribution >= 4 is 35.3 Å². The van der Waals surface area contributed by atoms with Gasteiger partial charge in [-0.05, 0) is 23.8 Å². The Kier molecular flexibility index (Phi) is 4.93. The third kappa shape index (κ3) is 3.82. The summed E-state index contributed by atoms with van der Waals surface area (Å²) in [5.41, 5.74) is 4.97. The zero-order valence-corrected chi connectivity index (χ0v) is 13.8. The number of hydrazone groups is 1. The quantitative estimate of drug-likeness (QED) is 0.543. The summed E-state index contributed by atoms with van der Waals surface area (Å²) < 4.78 is 0. The Labute approximate surface area is 148 Å². The average Bonchev–Trinajstić information content (AvgIpc) is 3.08. The number of hydrogen-bond donors (Lipinski definition) is 2. The van der Waals surface area contributed by atoms with Gasteiger partial charge in [0, 0.05) is 5.56 Å². The highest BCUT2D eigenvalue weighted by atomic mass is 35.5. The first kappa shape index (κ1) is 16.2. The van der Waals surface area contributed by atoms with Gasteiger partial charge in [-0.2, -0.15) is 10.2 Å². The highest BCUT2D eigenvalue weighted by Crippen LogP contribution is 2.27. The van der Waals surface area contributed by atoms with Crippen molar-refractivity contribution in [2.24, 2.45) is 5.10 Å². The van der Waals surface area contributed by atoms with Crippen molar-refractivity contribution in [2.45, 2.75) is 0 Å². The van der Waals surface area contributed by atoms with E-state index < -0.39 is 0 Å². The van der Waals surface area contributed by atoms with Crippen LogP contribution < -0.4 is 5.43 Å². The van der Waals surface area contributed by atoms with E-state index in [1.807, 2.05) is 30.3 Å². The summed E-state index contributed by atoms with van der Waals surface area (Å²) in [5, 5.41) is 11.6. The van der Waals surface area contributed by atoms with Crippen molar-refractivity contribution < 1.29 is 4.79 Å². The van der Waals surface area contributed by atoms with Crippen LogP contribution in [0, 0.1) is 0 Å². The van der Waals surface area contributed by atoms with Crippen molar-refractivity contribution in [3.8, 4) is 11.3 Å². The average molecular weight is 359 g/mol. The minimum atomic E-state index is -0.388. The van der Waals surface area contributed by atoms with Crippen molar-refractivity contribution in [3.63, 3.8) is 0 Å². The molecule has 5 nitrogen and oxygen atoms in total. The second-order valence-electron chi connectivity index (χ2n) is 4.91. The molecule has 1 amide bonds. The summed E-state index contributed by atoms with van der Waals surface area (Å²) in [6, 6.07) is 16.2. The van der Waals surface area contributed by atoms with Crippen molar-refractivity contribution in [2.75, 3.05) is 0 Å². The van der Waals surface area contributed by atoms with Crippen LogP contribution in [0.2, 0.25) is 10.0 Å². The number of nitrogens with one attached hydrogen (secondary N) is 2. The van der Waals surface area contributed by atoms with E-state index in [9.17, 15) is 4.79 Å². The molecular formula is C17H12Cl2N4O. The maximum Gasteiger partial charge on any atom is 0.289 e. The summed E-state index contributed by atoms with van der Waals surface area (Å²) in [6.45, 7) is 0. The van der Waals surface area contributed by atoms with Gasteiger partial charge in [0.1, 0.15) is 5.69 Å². The van der Waals surface area contributed by atoms with Crippen LogP contribution in [0.25, 0.3) is 11.3 Å². The number of rotatable bonds is 4. The molecule has 7 heteroatoms. The molecule has 0 aliphatic heterocycles. The third-order valence-electron chi connectivity index (χ3n) is 3.22. The molecular weight excluding hydrogens is 347 g/mol. The number of carbonyl (C=O) groups is 1. The van der Waals surface area contributed by atoms with E-state index in [1.54, 1.807) is 30.5 Å². The highest BCUT2D eigenvalue weighted by molar-refractivity contribution is 6.42. The van der Waals surface area contributed by atoms with Crippen LogP contribution in [0.15, 0.2) is 59.7 Å². The van der Waals surface area contributed by atoms with Gasteiger partial charge in [0.2, 0.25) is 0 Å². The fourth-order valence-electron chi connectivity index (χ4n) is 2.01. The normalized spacial score (nSPS) is 10.9. The highest BCUT2D eigenvalue weighted by Gasteiger charge is 2.11. The van der Waals surface area contributed by atoms with E-state index in [4.69, 9.17) is 23.2 Å². The lowest BCUT2D eigenvalue weighted by Crippen LogP contribution is -2.17. The largest absolute Gasteiger partial charge is 0.289 e. The maximum absolute atomic E-state index is 12.1. The standard InChI is InChI=1S/C17H12Cl2N4O/c18-13-7-6-12(8-14(13)19)15-9-16(22-21-15)17(24)23-20-10-11-4-2-1-3-5-11/h1-10H,(H,21,22)(H,23,24)/b20-10-. The number of aromatic nitrogens is 2. The molecule has 0 aliphatic carbocycles. The Bertz CT molecular complexity index is 891. The minimum absolute atomic E-state index is 0.293. The fourth-order valence-corrected chi connectivity index (χ4v) is 2.30. The van der Waals surface area contributed by atoms with Gasteiger partial charge in [0.05, 0.1) is 22.0 Å². The van der Waals surface area contributed by atoms with Crippen molar-refractivity contribution in [3.05, 3.63) is 75.9 Å². The number of H-pyrrole nitrogens is 1. The molecule has 0 saturated heterocycles. The van der Waals surface area contributed by atoms with Crippen LogP contribution in [0.4, 0.5) is 0 Å². The molecule has 2 N–H and O–H groups in total. The van der Waals surface area contributed by atoms with Gasteiger partial charge in [0.15, 0.2) is 0 Å². The molecule has 3 rings (SSSR count). The van der Waals surface area contributed by atoms with Crippen molar-refractivity contribution in [1.82, 2.24) is 15.6 Å². The Morgan fingerprint density at radius 2 is 1.88 bits per heavy atom. The lowest BCUT2D eigenvalue weighted by atomic mass is 10.1. The van der Waals surface area contributed by atoms with E-state index >= 15 is 0 Å². The number of carbonyl (C=O) groups excluding carboxylic acids is 1. The van der Waals surface area contributed by atoms with Crippen LogP contribution in [-0.2, 0) is 0 Å². The molecule has 3 aromatic rings. The Morgan fingerprint density at radius 1 is 1.08 bits per heavy atom. The summed E-state index contributed by atoms with van der Waals surface area (Å²) in [6.07, 6.45) is 1.56. The van der Waals surface area contributed by atoms with Gasteiger partial charge in [0.25, 0.3) is 5.91 Å². The Hall–Kier alpha value is -2.63. The van der Waals surface area contributed by atoms with Crippen LogP contribution in [0.3, 0.4) is 0 Å². The lowest BCUT2D eigenvalue weighted by Gasteiger charge is -1.98. The number of benzene rings is 2. The summed E-state index contributed by atoms with van der Waals surface area (Å²) in [5.74, 6) is -0.388. The smallest absolute Gasteiger partial charge is 0.272 e. The van der Waals surface area contributed by atoms with Crippen LogP contribution >= 0.6 is 23.2 Å². The zero-order valence-electron chi connectivity index (χ0n) is 12.3. The first-order valence-electron chi connectivity index (χ1n) is 7.03. The number of nitrogens with zero attached hydrogens (tertiary/aromatic N) is 2. The second kappa shape index (κ2) is 7.29. The summed E-state index contributed by atoms with van der Waals surface area (Å²) in [4.78, 5) is 12.1. The van der Waals surface area contributed by atoms with E-state index in [-0.39, 0.29) is 5.91 Å². The molecule has 0 radical (unpaired) electrons. The SMILES string of the molecule is O=C(N/N=C\c1ccccc1)c1cc(-c2ccc(Cl)c(Cl)c2)n[nH]1. The molecule has 0 atom stereocenters. The van der Waals surface area contributed by atoms with Crippen LogP contribution in [0.5, 0.6) is 0 Å². The number of halogens is 2. The van der Waals surface area contributed by atoms with E-state index in [2.05, 4.69) is 20.7 Å². The van der Waals surface area contributed by atoms with Gasteiger partial charge in [-0.25, -0.2) is 5.43 Å². The van der Waals surface area contributed by atoms with Crippen LogP contribution in [-0.4, -0.2) is 22.3 Å². The zero-order chi connectivity index (χ0) is 16.9. The predicted octanol–water partition coefficient (Wildman–Crippen LogP) is 4.15. The molecule has 0 bridgehead atoms. The molecule has 0 saturated carbocycles. The molecule has 1 aromatic heterocycles. The van der Waals surface area contributed by atoms with Gasteiger partial charge in [-0.3, -0.25) is 9.89 Å². The lowest BCUT2D eigenvalue weighted by molar-refractivity contribution is 0.0950. The molecule has 0 aliphatic rings. The van der Waals surface area contributed by atoms with E-state index in [0.29, 0.717) is 21.4 Å². The summed E-state index contributed by atoms with van der Waals surface area (Å²) in [7, 11) is 0. The molecule has 24 heavy (non-hydrogen) atoms. The second-order valence-corrected chi connectivity index (χ2v) is 5.72. The molecule has 0 spiro atoms. The first-order valence-corrected chi connectivity index (χ1v) is 7.78. The minimum Gasteiger partial charge on any atom is -0.272 e. The fraction of sp³-hybridized carbons (Fsp3) is 0. The maximum atomic E-state index is 12.1. The molecule has 2 aromatic carbocycles. The molecule has 0 fully saturated rings. The molecule has 0 unspecified atom stereocenters. The third-order valence-corrected chi connectivity index (χ3v) is 3.96. The molecule has 1 heterocycles. The van der Waals surface area contributed by atoms with Crippen molar-refractivity contribution in [1.29, 1.82) is 0 Å². The van der Waals surface area contributed by atoms with Crippen LogP contribution in [0.1, 0.15) is 16.1 Å². The predicted molar refractivity (Wildman–Crippen MR) is 95.5 cm³/mol. The van der Waals surface area contributed by atoms with Gasteiger partial charge in [-0.15, -0.1) is 0 Å². The number of aromatic amines is 1. The number of amides is 1. The molecule has 120 valence electrons. The van der Waals surface area contributed by atoms with E-state index in [1.165, 1.54) is 0 Å². The van der Waals surface area contributed by atoms with Gasteiger partial charge < -0.3 is 0 Å². The number of hydrogen-bond acceptors (Lipinski definition) is 3. The summed E-state index contributed by atoms with van der Waals surface area (Å²) >= 11 is 11.9. The topological polar surface area (TPSA) is 70.1 Å². The van der Waals surface area contributed by atoms with Gasteiger partial charge in [-0.1, -0.05) is 59.6 Å².